The maximum Gasteiger partial charge on any atom is 0.226 e. The molecule has 2 aliphatic rings. The van der Waals surface area contributed by atoms with Gasteiger partial charge in [0.2, 0.25) is 5.95 Å². The lowest BCUT2D eigenvalue weighted by molar-refractivity contribution is -0.118. The molecule has 3 aromatic rings. The number of carbonyl (C=O) groups is 1. The molecule has 0 saturated carbocycles. The molecule has 1 N–H and O–H groups in total. The Balaban J connectivity index is 1.63. The van der Waals surface area contributed by atoms with Gasteiger partial charge in [-0.2, -0.15) is 4.98 Å². The molecule has 32 heavy (non-hydrogen) atoms. The normalized spacial score (nSPS) is 19.3. The number of hydrogen-bond acceptors (Lipinski definition) is 5. The van der Waals surface area contributed by atoms with Gasteiger partial charge >= 0.3 is 0 Å². The van der Waals surface area contributed by atoms with Crippen molar-refractivity contribution in [1.29, 1.82) is 0 Å². The summed E-state index contributed by atoms with van der Waals surface area (Å²) < 4.78 is 1.84. The Kier molecular flexibility index (Phi) is 4.86. The summed E-state index contributed by atoms with van der Waals surface area (Å²) >= 11 is 6.14. The number of nitrogens with zero attached hydrogens (tertiary/aromatic N) is 4. The first-order valence-electron chi connectivity index (χ1n) is 10.7. The molecule has 6 nitrogen and oxygen atoms in total. The highest BCUT2D eigenvalue weighted by atomic mass is 35.5. The first kappa shape index (κ1) is 20.8. The second-order valence-electron chi connectivity index (χ2n) is 9.56. The van der Waals surface area contributed by atoms with Crippen molar-refractivity contribution in [3.63, 3.8) is 0 Å². The number of rotatable bonds is 3. The van der Waals surface area contributed by atoms with Gasteiger partial charge in [-0.3, -0.25) is 4.79 Å². The zero-order chi connectivity index (χ0) is 22.6. The largest absolute Gasteiger partial charge is 0.378 e. The van der Waals surface area contributed by atoms with E-state index in [1.54, 1.807) is 0 Å². The van der Waals surface area contributed by atoms with Gasteiger partial charge in [-0.05, 0) is 53.8 Å². The van der Waals surface area contributed by atoms with E-state index in [0.29, 0.717) is 23.2 Å². The fraction of sp³-hybridized carbons (Fsp3) is 0.320. The number of allylic oxidation sites excluding steroid dienone is 2. The third kappa shape index (κ3) is 3.58. The van der Waals surface area contributed by atoms with E-state index in [9.17, 15) is 4.79 Å². The van der Waals surface area contributed by atoms with E-state index < -0.39 is 0 Å². The van der Waals surface area contributed by atoms with Gasteiger partial charge in [0.25, 0.3) is 0 Å². The first-order valence-corrected chi connectivity index (χ1v) is 11.1. The van der Waals surface area contributed by atoms with Crippen LogP contribution in [0, 0.1) is 5.41 Å². The molecule has 2 heterocycles. The maximum atomic E-state index is 13.3. The third-order valence-electron chi connectivity index (χ3n) is 6.16. The highest BCUT2D eigenvalue weighted by molar-refractivity contribution is 6.30. The van der Waals surface area contributed by atoms with Crippen LogP contribution in [0.5, 0.6) is 0 Å². The lowest BCUT2D eigenvalue weighted by Gasteiger charge is -2.38. The SMILES string of the molecule is CN(C)c1ccc(-c2nc3n(n2)C(c2ccc(Cl)cc2)C2=C(CC(C)(C)CC2=O)N3)cc1. The molecular formula is C25H26ClN5O. The highest BCUT2D eigenvalue weighted by Crippen LogP contribution is 2.45. The number of aromatic nitrogens is 3. The Bertz CT molecular complexity index is 1220. The highest BCUT2D eigenvalue weighted by Gasteiger charge is 2.41. The molecule has 1 aromatic heterocycles. The van der Waals surface area contributed by atoms with Gasteiger partial charge in [0.15, 0.2) is 11.6 Å². The number of carbonyl (C=O) groups excluding carboxylic acids is 1. The van der Waals surface area contributed by atoms with Crippen LogP contribution in [0.25, 0.3) is 11.4 Å². The molecule has 5 rings (SSSR count). The van der Waals surface area contributed by atoms with E-state index in [0.717, 1.165) is 34.5 Å². The lowest BCUT2D eigenvalue weighted by Crippen LogP contribution is -2.36. The summed E-state index contributed by atoms with van der Waals surface area (Å²) in [5.41, 5.74) is 4.63. The molecule has 2 aromatic carbocycles. The van der Waals surface area contributed by atoms with E-state index in [4.69, 9.17) is 21.7 Å². The number of anilines is 2. The van der Waals surface area contributed by atoms with Crippen molar-refractivity contribution < 1.29 is 4.79 Å². The Labute approximate surface area is 192 Å². The molecule has 1 unspecified atom stereocenters. The topological polar surface area (TPSA) is 63.1 Å². The predicted molar refractivity (Wildman–Crippen MR) is 128 cm³/mol. The van der Waals surface area contributed by atoms with Crippen LogP contribution in [-0.2, 0) is 4.79 Å². The van der Waals surface area contributed by atoms with Crippen molar-refractivity contribution in [2.24, 2.45) is 5.41 Å². The summed E-state index contributed by atoms with van der Waals surface area (Å²) in [4.78, 5) is 20.2. The van der Waals surface area contributed by atoms with Crippen molar-refractivity contribution in [2.45, 2.75) is 32.7 Å². The minimum absolute atomic E-state index is 0.0967. The van der Waals surface area contributed by atoms with Gasteiger partial charge in [0.1, 0.15) is 6.04 Å². The standard InChI is InChI=1S/C25H26ClN5O/c1-25(2)13-19-21(20(32)14-25)22(15-5-9-17(26)10-6-15)31-24(27-19)28-23(29-31)16-7-11-18(12-8-16)30(3)4/h5-12,22H,13-14H2,1-4H3,(H,27,28,29). The molecule has 0 amide bonds. The quantitative estimate of drug-likeness (QED) is 0.588. The van der Waals surface area contributed by atoms with Crippen LogP contribution in [0.3, 0.4) is 0 Å². The molecule has 164 valence electrons. The fourth-order valence-electron chi connectivity index (χ4n) is 4.59. The number of nitrogens with one attached hydrogen (secondary N) is 1. The number of ketones is 1. The smallest absolute Gasteiger partial charge is 0.226 e. The Morgan fingerprint density at radius 2 is 1.75 bits per heavy atom. The first-order chi connectivity index (χ1) is 15.2. The summed E-state index contributed by atoms with van der Waals surface area (Å²) in [5, 5.41) is 8.94. The zero-order valence-electron chi connectivity index (χ0n) is 18.7. The van der Waals surface area contributed by atoms with Crippen molar-refractivity contribution in [2.75, 3.05) is 24.3 Å². The molecule has 1 aliphatic carbocycles. The number of hydrogen-bond donors (Lipinski definition) is 1. The van der Waals surface area contributed by atoms with Gasteiger partial charge in [-0.1, -0.05) is 37.6 Å². The van der Waals surface area contributed by atoms with E-state index in [-0.39, 0.29) is 17.2 Å². The number of halogens is 1. The second-order valence-corrected chi connectivity index (χ2v) is 9.99. The summed E-state index contributed by atoms with van der Waals surface area (Å²) in [6.45, 7) is 4.26. The molecule has 1 aliphatic heterocycles. The van der Waals surface area contributed by atoms with Crippen molar-refractivity contribution in [1.82, 2.24) is 14.8 Å². The average molecular weight is 448 g/mol. The molecule has 1 atom stereocenters. The Morgan fingerprint density at radius 3 is 2.41 bits per heavy atom. The maximum absolute atomic E-state index is 13.3. The second kappa shape index (κ2) is 7.48. The van der Waals surface area contributed by atoms with Crippen LogP contribution in [-0.4, -0.2) is 34.6 Å². The molecule has 0 spiro atoms. The predicted octanol–water partition coefficient (Wildman–Crippen LogP) is 5.32. The van der Waals surface area contributed by atoms with Gasteiger partial charge < -0.3 is 10.2 Å². The van der Waals surface area contributed by atoms with E-state index in [2.05, 4.69) is 36.2 Å². The van der Waals surface area contributed by atoms with Crippen LogP contribution in [0.2, 0.25) is 5.02 Å². The van der Waals surface area contributed by atoms with E-state index in [1.165, 1.54) is 0 Å². The van der Waals surface area contributed by atoms with E-state index in [1.807, 2.05) is 55.2 Å². The minimum Gasteiger partial charge on any atom is -0.378 e. The monoisotopic (exact) mass is 447 g/mol. The van der Waals surface area contributed by atoms with Gasteiger partial charge in [0, 0.05) is 48.1 Å². The fourth-order valence-corrected chi connectivity index (χ4v) is 4.72. The molecule has 7 heteroatoms. The number of benzene rings is 2. The van der Waals surface area contributed by atoms with Crippen LogP contribution in [0.1, 0.15) is 38.3 Å². The van der Waals surface area contributed by atoms with Crippen LogP contribution >= 0.6 is 11.6 Å². The van der Waals surface area contributed by atoms with Crippen molar-refractivity contribution in [3.8, 4) is 11.4 Å². The number of Topliss-reactive ketones (excluding diaryl/α,β-unsaturated/α-hetero) is 1. The van der Waals surface area contributed by atoms with Crippen LogP contribution < -0.4 is 10.2 Å². The minimum atomic E-state index is -0.329. The van der Waals surface area contributed by atoms with Crippen LogP contribution in [0.4, 0.5) is 11.6 Å². The average Bonchev–Trinajstić information content (AvgIpc) is 3.16. The van der Waals surface area contributed by atoms with Crippen LogP contribution in [0.15, 0.2) is 59.8 Å². The van der Waals surface area contributed by atoms with E-state index >= 15 is 0 Å². The number of fused-ring (bicyclic) bond motifs is 1. The Morgan fingerprint density at radius 1 is 1.06 bits per heavy atom. The van der Waals surface area contributed by atoms with Crippen molar-refractivity contribution >= 4 is 29.0 Å². The molecule has 0 bridgehead atoms. The summed E-state index contributed by atoms with van der Waals surface area (Å²) in [7, 11) is 4.02. The molecular weight excluding hydrogens is 422 g/mol. The summed E-state index contributed by atoms with van der Waals surface area (Å²) in [5.74, 6) is 1.44. The van der Waals surface area contributed by atoms with Gasteiger partial charge in [-0.15, -0.1) is 5.10 Å². The molecule has 0 saturated heterocycles. The third-order valence-corrected chi connectivity index (χ3v) is 6.41. The summed E-state index contributed by atoms with van der Waals surface area (Å²) in [6, 6.07) is 15.5. The Hall–Kier alpha value is -3.12. The van der Waals surface area contributed by atoms with Gasteiger partial charge in [0.05, 0.1) is 0 Å². The molecule has 0 radical (unpaired) electrons. The van der Waals surface area contributed by atoms with Gasteiger partial charge in [-0.25, -0.2) is 4.68 Å². The lowest BCUT2D eigenvalue weighted by atomic mass is 9.73. The zero-order valence-corrected chi connectivity index (χ0v) is 19.4. The van der Waals surface area contributed by atoms with Crippen molar-refractivity contribution in [3.05, 3.63) is 70.4 Å². The summed E-state index contributed by atoms with van der Waals surface area (Å²) in [6.07, 6.45) is 1.30. The molecule has 0 fully saturated rings.